The summed E-state index contributed by atoms with van der Waals surface area (Å²) in [5.74, 6) is -0.437. The van der Waals surface area contributed by atoms with Gasteiger partial charge in [-0.3, -0.25) is 0 Å². The van der Waals surface area contributed by atoms with Crippen molar-refractivity contribution in [3.05, 3.63) is 29.1 Å². The fourth-order valence-corrected chi connectivity index (χ4v) is 0.721. The van der Waals surface area contributed by atoms with Crippen LogP contribution in [0.15, 0.2) is 18.3 Å². The van der Waals surface area contributed by atoms with Gasteiger partial charge >= 0.3 is 18.1 Å². The van der Waals surface area contributed by atoms with E-state index in [-0.39, 0.29) is 4.74 Å². The van der Waals surface area contributed by atoms with E-state index in [1.165, 1.54) is 0 Å². The summed E-state index contributed by atoms with van der Waals surface area (Å²) in [7, 11) is 0. The standard InChI is InChI=1S/C7H3F3N2O2/c8-7(9,10)5-1-2-6(11-3-5)12(14)4-13/h1-3H. The van der Waals surface area contributed by atoms with Crippen molar-refractivity contribution in [2.45, 2.75) is 6.18 Å². The Morgan fingerprint density at radius 3 is 2.43 bits per heavy atom. The molecule has 0 aliphatic carbocycles. The maximum Gasteiger partial charge on any atom is 0.420 e. The van der Waals surface area contributed by atoms with Crippen LogP contribution in [-0.2, 0) is 11.0 Å². The quantitative estimate of drug-likeness (QED) is 0.229. The molecule has 0 atom stereocenters. The molecule has 0 aliphatic heterocycles. The second kappa shape index (κ2) is 3.47. The van der Waals surface area contributed by atoms with Crippen LogP contribution in [0.3, 0.4) is 0 Å². The van der Waals surface area contributed by atoms with Gasteiger partial charge in [-0.1, -0.05) is 0 Å². The van der Waals surface area contributed by atoms with Crippen molar-refractivity contribution < 1.29 is 22.7 Å². The third-order valence-electron chi connectivity index (χ3n) is 1.37. The maximum absolute atomic E-state index is 12.0. The highest BCUT2D eigenvalue weighted by molar-refractivity contribution is 5.33. The smallest absolute Gasteiger partial charge is 0.420 e. The summed E-state index contributed by atoms with van der Waals surface area (Å²) in [6, 6.07) is 1.45. The third-order valence-corrected chi connectivity index (χ3v) is 1.37. The van der Waals surface area contributed by atoms with E-state index in [2.05, 4.69) is 4.98 Å². The van der Waals surface area contributed by atoms with Crippen molar-refractivity contribution >= 4 is 11.9 Å². The van der Waals surface area contributed by atoms with E-state index >= 15 is 0 Å². The number of rotatable bonds is 1. The number of hydrogen-bond donors (Lipinski definition) is 0. The fourth-order valence-electron chi connectivity index (χ4n) is 0.721. The highest BCUT2D eigenvalue weighted by Crippen LogP contribution is 2.28. The van der Waals surface area contributed by atoms with Gasteiger partial charge in [-0.25, -0.2) is 0 Å². The lowest BCUT2D eigenvalue weighted by molar-refractivity contribution is -0.362. The Morgan fingerprint density at radius 1 is 1.43 bits per heavy atom. The van der Waals surface area contributed by atoms with Gasteiger partial charge < -0.3 is 5.21 Å². The van der Waals surface area contributed by atoms with Crippen LogP contribution in [0.5, 0.6) is 0 Å². The van der Waals surface area contributed by atoms with Gasteiger partial charge in [0.2, 0.25) is 0 Å². The normalized spacial score (nSPS) is 10.8. The number of pyridine rings is 1. The number of isocyanates is 1. The number of alkyl halides is 3. The van der Waals surface area contributed by atoms with Crippen molar-refractivity contribution in [2.24, 2.45) is 0 Å². The molecule has 14 heavy (non-hydrogen) atoms. The Bertz CT molecular complexity index is 379. The van der Waals surface area contributed by atoms with Crippen LogP contribution in [-0.4, -0.2) is 15.8 Å². The van der Waals surface area contributed by atoms with Crippen molar-refractivity contribution in [3.8, 4) is 0 Å². The first kappa shape index (κ1) is 10.2. The van der Waals surface area contributed by atoms with Crippen LogP contribution in [0.1, 0.15) is 5.56 Å². The summed E-state index contributed by atoms with van der Waals surface area (Å²) >= 11 is 0. The third kappa shape index (κ3) is 2.08. The maximum atomic E-state index is 12.0. The zero-order chi connectivity index (χ0) is 10.8. The van der Waals surface area contributed by atoms with Gasteiger partial charge in [-0.15, -0.1) is 0 Å². The molecule has 74 valence electrons. The lowest BCUT2D eigenvalue weighted by Crippen LogP contribution is -2.06. The van der Waals surface area contributed by atoms with Crippen LogP contribution < -0.4 is 0 Å². The van der Waals surface area contributed by atoms with Gasteiger partial charge in [0.15, 0.2) is 6.20 Å². The van der Waals surface area contributed by atoms with Gasteiger partial charge in [-0.05, 0) is 11.1 Å². The Hall–Kier alpha value is -1.88. The van der Waals surface area contributed by atoms with E-state index in [4.69, 9.17) is 0 Å². The highest BCUT2D eigenvalue weighted by atomic mass is 19.4. The molecule has 1 rings (SSSR count). The largest absolute Gasteiger partial charge is 0.701 e. The summed E-state index contributed by atoms with van der Waals surface area (Å²) < 4.78 is 35.7. The van der Waals surface area contributed by atoms with Crippen LogP contribution >= 0.6 is 0 Å². The SMILES string of the molecule is O=C=[N+]([O-])c1ccc(C(F)(F)F)cn1. The highest BCUT2D eigenvalue weighted by Gasteiger charge is 2.32. The molecule has 0 fully saturated rings. The number of nitrogens with zero attached hydrogens (tertiary/aromatic N) is 2. The minimum Gasteiger partial charge on any atom is -0.701 e. The molecule has 0 radical (unpaired) electrons. The lowest BCUT2D eigenvalue weighted by atomic mass is 10.3. The van der Waals surface area contributed by atoms with Gasteiger partial charge in [0.1, 0.15) is 0 Å². The molecule has 0 N–H and O–H groups in total. The average Bonchev–Trinajstić information content (AvgIpc) is 2.15. The molecule has 7 heteroatoms. The number of hydrogen-bond acceptors (Lipinski definition) is 3. The zero-order valence-corrected chi connectivity index (χ0v) is 6.58. The number of halogens is 3. The van der Waals surface area contributed by atoms with E-state index in [1.807, 2.05) is 0 Å². The summed E-state index contributed by atoms with van der Waals surface area (Å²) in [6.45, 7) is 0. The molecule has 0 amide bonds. The molecular formula is C7H3F3N2O2. The van der Waals surface area contributed by atoms with Crippen molar-refractivity contribution in [3.63, 3.8) is 0 Å². The molecule has 1 aromatic heterocycles. The van der Waals surface area contributed by atoms with E-state index in [9.17, 15) is 23.2 Å². The van der Waals surface area contributed by atoms with Crippen LogP contribution in [0.2, 0.25) is 0 Å². The van der Waals surface area contributed by atoms with E-state index < -0.39 is 17.6 Å². The Kier molecular flexibility index (Phi) is 2.53. The molecule has 0 aliphatic rings. The monoisotopic (exact) mass is 204 g/mol. The molecule has 0 spiro atoms. The number of carbonyl (C=O) groups excluding carboxylic acids is 1. The first-order chi connectivity index (χ1) is 6.45. The molecule has 1 heterocycles. The van der Waals surface area contributed by atoms with E-state index in [0.29, 0.717) is 12.3 Å². The predicted molar refractivity (Wildman–Crippen MR) is 38.2 cm³/mol. The van der Waals surface area contributed by atoms with Gasteiger partial charge in [0, 0.05) is 6.07 Å². The molecule has 1 aromatic rings. The average molecular weight is 204 g/mol. The van der Waals surface area contributed by atoms with Crippen LogP contribution in [0, 0.1) is 5.21 Å². The fraction of sp³-hybridized carbons (Fsp3) is 0.143. The summed E-state index contributed by atoms with van der Waals surface area (Å²) in [5.41, 5.74) is -0.986. The molecule has 0 saturated carbocycles. The van der Waals surface area contributed by atoms with E-state index in [0.717, 1.165) is 12.1 Å². The Morgan fingerprint density at radius 2 is 2.07 bits per heavy atom. The second-order valence-electron chi connectivity index (χ2n) is 2.29. The molecule has 0 saturated heterocycles. The molecular weight excluding hydrogens is 201 g/mol. The lowest BCUT2D eigenvalue weighted by Gasteiger charge is -2.03. The number of aromatic nitrogens is 1. The van der Waals surface area contributed by atoms with Crippen molar-refractivity contribution in [1.82, 2.24) is 4.98 Å². The topological polar surface area (TPSA) is 56.0 Å². The Labute approximate surface area is 75.9 Å². The summed E-state index contributed by atoms with van der Waals surface area (Å²) in [6.07, 6.45) is -3.12. The summed E-state index contributed by atoms with van der Waals surface area (Å²) in [5, 5.41) is 10.5. The van der Waals surface area contributed by atoms with Gasteiger partial charge in [0.05, 0.1) is 5.56 Å². The summed E-state index contributed by atoms with van der Waals surface area (Å²) in [4.78, 5) is 13.0. The first-order valence-corrected chi connectivity index (χ1v) is 3.33. The second-order valence-corrected chi connectivity index (χ2v) is 2.29. The minimum atomic E-state index is -4.51. The van der Waals surface area contributed by atoms with Crippen molar-refractivity contribution in [2.75, 3.05) is 0 Å². The minimum absolute atomic E-state index is 0.292. The van der Waals surface area contributed by atoms with Gasteiger partial charge in [-0.2, -0.15) is 22.7 Å². The van der Waals surface area contributed by atoms with E-state index in [1.54, 1.807) is 0 Å². The van der Waals surface area contributed by atoms with Crippen LogP contribution in [0.4, 0.5) is 19.0 Å². The first-order valence-electron chi connectivity index (χ1n) is 3.33. The molecule has 0 aromatic carbocycles. The zero-order valence-electron chi connectivity index (χ0n) is 6.58. The molecule has 0 bridgehead atoms. The van der Waals surface area contributed by atoms with Crippen molar-refractivity contribution in [1.29, 1.82) is 0 Å². The molecule has 0 unspecified atom stereocenters. The Balaban J connectivity index is 3.07. The predicted octanol–water partition coefficient (Wildman–Crippen LogP) is 1.58. The van der Waals surface area contributed by atoms with Crippen LogP contribution in [0.25, 0.3) is 0 Å². The van der Waals surface area contributed by atoms with Gasteiger partial charge in [0.25, 0.3) is 0 Å². The molecule has 4 nitrogen and oxygen atoms in total.